The van der Waals surface area contributed by atoms with E-state index in [1.165, 1.54) is 79.2 Å². The van der Waals surface area contributed by atoms with Gasteiger partial charge in [0.05, 0.1) is 41.9 Å². The predicted molar refractivity (Wildman–Crippen MR) is 406 cm³/mol. The molecule has 450 valence electrons. The first-order valence-electron chi connectivity index (χ1n) is 32.4. The summed E-state index contributed by atoms with van der Waals surface area (Å²) < 4.78 is 23.1. The zero-order valence-corrected chi connectivity index (χ0v) is 53.2. The van der Waals surface area contributed by atoms with Crippen LogP contribution in [0.15, 0.2) is 336 Å². The Labute approximate surface area is 559 Å². The van der Waals surface area contributed by atoms with E-state index < -0.39 is 0 Å². The molecule has 20 rings (SSSR count). The molecule has 0 amide bonds. The molecular formula is C88H54N4O2S2. The van der Waals surface area contributed by atoms with Gasteiger partial charge in [0.2, 0.25) is 0 Å². The molecule has 0 saturated carbocycles. The number of furan rings is 2. The van der Waals surface area contributed by atoms with Gasteiger partial charge in [0.1, 0.15) is 22.3 Å². The summed E-state index contributed by atoms with van der Waals surface area (Å²) in [4.78, 5) is 4.73. The van der Waals surface area contributed by atoms with Crippen LogP contribution in [0.25, 0.3) is 151 Å². The largest absolute Gasteiger partial charge is 0.456 e. The number of rotatable bonds is 11. The van der Waals surface area contributed by atoms with Gasteiger partial charge in [0.25, 0.3) is 0 Å². The summed E-state index contributed by atoms with van der Waals surface area (Å²) in [5, 5.41) is 9.33. The SMILES string of the molecule is c1ccc(N(c2ccc(-c3cccc(-c4cccc(-n5c6ccccc6c6sc7c(N(c8ccc9c(c8)oc8ccccc89)c8ccc9c(c8)oc8ccccc89)cccc7c65)c4)c3)cc2)c2ccc(-c3cccc4c3sc3c5ccccc5n(-c5ccccc5)c43)cc2)cc1. The first-order chi connectivity index (χ1) is 47.6. The van der Waals surface area contributed by atoms with Crippen molar-refractivity contribution in [3.63, 3.8) is 0 Å². The average molecular weight is 1260 g/mol. The van der Waals surface area contributed by atoms with Crippen LogP contribution in [0.4, 0.5) is 34.1 Å². The van der Waals surface area contributed by atoms with Crippen LogP contribution in [0, 0.1) is 0 Å². The lowest BCUT2D eigenvalue weighted by Crippen LogP contribution is -2.10. The quantitative estimate of drug-likeness (QED) is 0.129. The third-order valence-corrected chi connectivity index (χ3v) is 21.8. The highest BCUT2D eigenvalue weighted by atomic mass is 32.1. The number of thiophene rings is 2. The maximum atomic E-state index is 6.56. The first-order valence-corrected chi connectivity index (χ1v) is 34.1. The minimum atomic E-state index is 0.840. The molecule has 0 saturated heterocycles. The monoisotopic (exact) mass is 1260 g/mol. The molecule has 8 heteroatoms. The predicted octanol–water partition coefficient (Wildman–Crippen LogP) is 26.0. The second-order valence-corrected chi connectivity index (χ2v) is 26.8. The molecular weight excluding hydrogens is 1210 g/mol. The van der Waals surface area contributed by atoms with Crippen LogP contribution in [0.3, 0.4) is 0 Å². The summed E-state index contributed by atoms with van der Waals surface area (Å²) in [6.07, 6.45) is 0. The molecule has 0 aliphatic heterocycles. The Kier molecular flexibility index (Phi) is 12.3. The van der Waals surface area contributed by atoms with E-state index in [9.17, 15) is 0 Å². The Hall–Kier alpha value is -12.2. The van der Waals surface area contributed by atoms with E-state index in [0.29, 0.717) is 0 Å². The average Bonchev–Trinajstić information content (AvgIpc) is 1.56. The Bertz CT molecular complexity index is 6350. The first kappa shape index (κ1) is 54.4. The summed E-state index contributed by atoms with van der Waals surface area (Å²) >= 11 is 3.75. The van der Waals surface area contributed by atoms with E-state index in [-0.39, 0.29) is 0 Å². The van der Waals surface area contributed by atoms with Gasteiger partial charge >= 0.3 is 0 Å². The fraction of sp³-hybridized carbons (Fsp3) is 0. The molecule has 0 aliphatic rings. The number of benzene rings is 14. The number of fused-ring (bicyclic) bond motifs is 16. The highest BCUT2D eigenvalue weighted by molar-refractivity contribution is 7.27. The van der Waals surface area contributed by atoms with Crippen molar-refractivity contribution in [3.05, 3.63) is 328 Å². The van der Waals surface area contributed by atoms with Gasteiger partial charge in [-0.25, -0.2) is 0 Å². The molecule has 0 N–H and O–H groups in total. The third kappa shape index (κ3) is 8.56. The van der Waals surface area contributed by atoms with Crippen molar-refractivity contribution in [2.45, 2.75) is 0 Å². The van der Waals surface area contributed by atoms with Crippen molar-refractivity contribution in [1.82, 2.24) is 9.13 Å². The lowest BCUT2D eigenvalue weighted by molar-refractivity contribution is 0.669. The van der Waals surface area contributed by atoms with E-state index in [0.717, 1.165) is 106 Å². The Morgan fingerprint density at radius 1 is 0.240 bits per heavy atom. The Morgan fingerprint density at radius 3 is 1.29 bits per heavy atom. The molecule has 0 bridgehead atoms. The van der Waals surface area contributed by atoms with Crippen LogP contribution in [0.5, 0.6) is 0 Å². The maximum Gasteiger partial charge on any atom is 0.137 e. The summed E-state index contributed by atoms with van der Waals surface area (Å²) in [5.41, 5.74) is 23.9. The van der Waals surface area contributed by atoms with Gasteiger partial charge in [-0.2, -0.15) is 0 Å². The molecule has 96 heavy (non-hydrogen) atoms. The fourth-order valence-electron chi connectivity index (χ4n) is 14.9. The second kappa shape index (κ2) is 21.7. The summed E-state index contributed by atoms with van der Waals surface area (Å²) in [6, 6.07) is 119. The smallest absolute Gasteiger partial charge is 0.137 e. The van der Waals surface area contributed by atoms with Crippen molar-refractivity contribution >= 4 is 163 Å². The normalized spacial score (nSPS) is 12.0. The van der Waals surface area contributed by atoms with Gasteiger partial charge in [-0.1, -0.05) is 194 Å². The highest BCUT2D eigenvalue weighted by Crippen LogP contribution is 2.51. The van der Waals surface area contributed by atoms with Crippen molar-refractivity contribution in [1.29, 1.82) is 0 Å². The number of hydrogen-bond donors (Lipinski definition) is 0. The van der Waals surface area contributed by atoms with Gasteiger partial charge < -0.3 is 27.8 Å². The van der Waals surface area contributed by atoms with E-state index in [2.05, 4.69) is 322 Å². The molecule has 20 aromatic rings. The summed E-state index contributed by atoms with van der Waals surface area (Å²) in [5.74, 6) is 0. The molecule has 6 aromatic heterocycles. The molecule has 6 nitrogen and oxygen atoms in total. The van der Waals surface area contributed by atoms with Crippen molar-refractivity contribution in [3.8, 4) is 44.8 Å². The molecule has 6 heterocycles. The van der Waals surface area contributed by atoms with Crippen LogP contribution in [0.2, 0.25) is 0 Å². The van der Waals surface area contributed by atoms with Crippen LogP contribution in [-0.4, -0.2) is 9.13 Å². The van der Waals surface area contributed by atoms with E-state index >= 15 is 0 Å². The van der Waals surface area contributed by atoms with Crippen LogP contribution < -0.4 is 9.80 Å². The van der Waals surface area contributed by atoms with Gasteiger partial charge in [-0.3, -0.25) is 0 Å². The lowest BCUT2D eigenvalue weighted by atomic mass is 9.98. The molecule has 0 aliphatic carbocycles. The summed E-state index contributed by atoms with van der Waals surface area (Å²) in [7, 11) is 0. The van der Waals surface area contributed by atoms with Gasteiger partial charge in [-0.15, -0.1) is 22.7 Å². The van der Waals surface area contributed by atoms with Crippen LogP contribution in [0.1, 0.15) is 0 Å². The maximum absolute atomic E-state index is 6.56. The molecule has 0 unspecified atom stereocenters. The van der Waals surface area contributed by atoms with Gasteiger partial charge in [0.15, 0.2) is 0 Å². The van der Waals surface area contributed by atoms with Crippen LogP contribution >= 0.6 is 22.7 Å². The number of anilines is 6. The molecule has 0 spiro atoms. The molecule has 0 fully saturated rings. The topological polar surface area (TPSA) is 42.6 Å². The minimum absolute atomic E-state index is 0.840. The molecule has 0 atom stereocenters. The zero-order valence-electron chi connectivity index (χ0n) is 51.6. The minimum Gasteiger partial charge on any atom is -0.456 e. The number of para-hydroxylation sites is 6. The number of hydrogen-bond acceptors (Lipinski definition) is 6. The van der Waals surface area contributed by atoms with E-state index in [1.54, 1.807) is 0 Å². The second-order valence-electron chi connectivity index (χ2n) is 24.7. The Morgan fingerprint density at radius 2 is 0.667 bits per heavy atom. The third-order valence-electron chi connectivity index (χ3n) is 19.3. The van der Waals surface area contributed by atoms with Crippen LogP contribution in [-0.2, 0) is 0 Å². The summed E-state index contributed by atoms with van der Waals surface area (Å²) in [6.45, 7) is 0. The Balaban J connectivity index is 0.644. The fourth-order valence-corrected chi connectivity index (χ4v) is 17.6. The van der Waals surface area contributed by atoms with Crippen molar-refractivity contribution in [2.24, 2.45) is 0 Å². The van der Waals surface area contributed by atoms with E-state index in [4.69, 9.17) is 8.83 Å². The van der Waals surface area contributed by atoms with E-state index in [1.807, 2.05) is 46.9 Å². The van der Waals surface area contributed by atoms with Crippen molar-refractivity contribution in [2.75, 3.05) is 9.80 Å². The number of aromatic nitrogens is 2. The highest BCUT2D eigenvalue weighted by Gasteiger charge is 2.26. The molecule has 14 aromatic carbocycles. The zero-order chi connectivity index (χ0) is 63.0. The molecule has 0 radical (unpaired) electrons. The van der Waals surface area contributed by atoms with Crippen molar-refractivity contribution < 1.29 is 8.83 Å². The standard InChI is InChI=1S/C88H54N4O2S2/c1-3-22-60(23-4-1)89(63-45-41-56(42-46-63)67-31-17-32-74-83-87(95-85(67)74)72-29-7-11-34-76(72)91(83)61-24-5-2-6-25-61)62-43-39-55(40-44-62)57-19-15-20-58(51-57)59-21-16-26-64(52-59)92-77-35-12-8-30-73(77)88-84(92)75-33-18-36-78(86(75)96-88)90(65-47-49-70-68-27-9-13-37-79(68)93-81(70)53-65)66-48-50-71-69-28-10-14-38-80(69)94-82(71)54-66/h1-54H. The lowest BCUT2D eigenvalue weighted by Gasteiger charge is -2.26. The van der Waals surface area contributed by atoms with Gasteiger partial charge in [0, 0.05) is 99.7 Å². The number of nitrogens with zero attached hydrogens (tertiary/aromatic N) is 4. The van der Waals surface area contributed by atoms with Gasteiger partial charge in [-0.05, 0) is 155 Å².